The van der Waals surface area contributed by atoms with Gasteiger partial charge in [-0.25, -0.2) is 0 Å². The highest BCUT2D eigenvalue weighted by atomic mass is 19.1. The van der Waals surface area contributed by atoms with Gasteiger partial charge in [0.15, 0.2) is 0 Å². The van der Waals surface area contributed by atoms with E-state index in [-0.39, 0.29) is 0 Å². The quantitative estimate of drug-likeness (QED) is 0.525. The van der Waals surface area contributed by atoms with E-state index in [1.165, 1.54) is 0 Å². The molecule has 0 radical (unpaired) electrons. The summed E-state index contributed by atoms with van der Waals surface area (Å²) >= 11 is 0. The standard InChI is InChI=1S/C8H12F2/c9-6-8(7-10)4-2-1-3-5-8/h1-2H,3-7H2. The van der Waals surface area contributed by atoms with Crippen molar-refractivity contribution in [2.24, 2.45) is 5.41 Å². The van der Waals surface area contributed by atoms with E-state index < -0.39 is 18.8 Å². The Bertz CT molecular complexity index is 125. The molecule has 0 saturated carbocycles. The molecule has 0 aliphatic heterocycles. The lowest BCUT2D eigenvalue weighted by Crippen LogP contribution is -2.26. The van der Waals surface area contributed by atoms with Gasteiger partial charge in [0.05, 0.1) is 13.3 Å². The Morgan fingerprint density at radius 3 is 2.20 bits per heavy atom. The van der Waals surface area contributed by atoms with Crippen molar-refractivity contribution in [1.29, 1.82) is 0 Å². The minimum Gasteiger partial charge on any atom is -0.250 e. The van der Waals surface area contributed by atoms with Crippen molar-refractivity contribution < 1.29 is 8.78 Å². The molecule has 2 heteroatoms. The third kappa shape index (κ3) is 1.36. The summed E-state index contributed by atoms with van der Waals surface area (Å²) in [6, 6.07) is 0. The van der Waals surface area contributed by atoms with Gasteiger partial charge in [-0.15, -0.1) is 0 Å². The SMILES string of the molecule is FCC1(CF)CC=CCC1. The predicted octanol–water partition coefficient (Wildman–Crippen LogP) is 2.65. The van der Waals surface area contributed by atoms with E-state index >= 15 is 0 Å². The van der Waals surface area contributed by atoms with E-state index in [1.807, 2.05) is 12.2 Å². The number of hydrogen-bond donors (Lipinski definition) is 0. The van der Waals surface area contributed by atoms with E-state index in [9.17, 15) is 8.78 Å². The fourth-order valence-corrected chi connectivity index (χ4v) is 1.22. The number of alkyl halides is 2. The molecule has 0 fully saturated rings. The van der Waals surface area contributed by atoms with Crippen molar-refractivity contribution in [3.05, 3.63) is 12.2 Å². The molecule has 10 heavy (non-hydrogen) atoms. The first-order valence-electron chi connectivity index (χ1n) is 3.60. The molecular weight excluding hydrogens is 134 g/mol. The molecule has 0 aromatic heterocycles. The van der Waals surface area contributed by atoms with Crippen LogP contribution in [0.2, 0.25) is 0 Å². The van der Waals surface area contributed by atoms with Crippen LogP contribution in [0.3, 0.4) is 0 Å². The van der Waals surface area contributed by atoms with Gasteiger partial charge in [0.1, 0.15) is 0 Å². The van der Waals surface area contributed by atoms with Crippen LogP contribution >= 0.6 is 0 Å². The molecule has 0 spiro atoms. The van der Waals surface area contributed by atoms with Crippen LogP contribution in [0.1, 0.15) is 19.3 Å². The lowest BCUT2D eigenvalue weighted by Gasteiger charge is -2.28. The highest BCUT2D eigenvalue weighted by Crippen LogP contribution is 2.33. The van der Waals surface area contributed by atoms with Crippen molar-refractivity contribution in [3.63, 3.8) is 0 Å². The monoisotopic (exact) mass is 146 g/mol. The number of hydrogen-bond acceptors (Lipinski definition) is 0. The van der Waals surface area contributed by atoms with Gasteiger partial charge in [-0.3, -0.25) is 8.78 Å². The normalized spacial score (nSPS) is 23.0. The zero-order valence-electron chi connectivity index (χ0n) is 5.95. The average molecular weight is 146 g/mol. The molecule has 0 bridgehead atoms. The smallest absolute Gasteiger partial charge is 0.0978 e. The third-order valence-electron chi connectivity index (χ3n) is 2.13. The molecule has 1 rings (SSSR count). The number of halogens is 2. The van der Waals surface area contributed by atoms with Crippen LogP contribution in [0.5, 0.6) is 0 Å². The zero-order chi connectivity index (χ0) is 7.45. The zero-order valence-corrected chi connectivity index (χ0v) is 5.95. The average Bonchev–Trinajstić information content (AvgIpc) is 2.06. The molecular formula is C8H12F2. The lowest BCUT2D eigenvalue weighted by atomic mass is 9.79. The number of rotatable bonds is 2. The van der Waals surface area contributed by atoms with Crippen LogP contribution in [-0.4, -0.2) is 13.3 Å². The van der Waals surface area contributed by atoms with E-state index in [0.29, 0.717) is 12.8 Å². The highest BCUT2D eigenvalue weighted by molar-refractivity contribution is 4.97. The molecule has 0 unspecified atom stereocenters. The van der Waals surface area contributed by atoms with Crippen molar-refractivity contribution in [2.75, 3.05) is 13.3 Å². The van der Waals surface area contributed by atoms with Gasteiger partial charge in [-0.2, -0.15) is 0 Å². The molecule has 0 amide bonds. The van der Waals surface area contributed by atoms with Gasteiger partial charge in [0, 0.05) is 5.41 Å². The Morgan fingerprint density at radius 2 is 1.90 bits per heavy atom. The Morgan fingerprint density at radius 1 is 1.20 bits per heavy atom. The summed E-state index contributed by atoms with van der Waals surface area (Å²) in [5, 5.41) is 0. The summed E-state index contributed by atoms with van der Waals surface area (Å²) in [4.78, 5) is 0. The van der Waals surface area contributed by atoms with Crippen LogP contribution in [0.25, 0.3) is 0 Å². The minimum atomic E-state index is -0.658. The third-order valence-corrected chi connectivity index (χ3v) is 2.13. The lowest BCUT2D eigenvalue weighted by molar-refractivity contribution is 0.138. The summed E-state index contributed by atoms with van der Waals surface area (Å²) in [7, 11) is 0. The second kappa shape index (κ2) is 3.13. The molecule has 0 aromatic rings. The Balaban J connectivity index is 2.55. The minimum absolute atomic E-state index is 0.520. The van der Waals surface area contributed by atoms with E-state index in [4.69, 9.17) is 0 Å². The van der Waals surface area contributed by atoms with Crippen molar-refractivity contribution >= 4 is 0 Å². The fraction of sp³-hybridized carbons (Fsp3) is 0.750. The van der Waals surface area contributed by atoms with Crippen molar-refractivity contribution in [3.8, 4) is 0 Å². The Hall–Kier alpha value is -0.400. The van der Waals surface area contributed by atoms with Crippen LogP contribution in [0, 0.1) is 5.41 Å². The molecule has 0 saturated heterocycles. The molecule has 0 nitrogen and oxygen atoms in total. The van der Waals surface area contributed by atoms with E-state index in [1.54, 1.807) is 0 Å². The van der Waals surface area contributed by atoms with Crippen LogP contribution in [0.15, 0.2) is 12.2 Å². The first kappa shape index (κ1) is 7.70. The number of allylic oxidation sites excluding steroid dienone is 2. The van der Waals surface area contributed by atoms with Gasteiger partial charge in [-0.05, 0) is 19.3 Å². The second-order valence-electron chi connectivity index (χ2n) is 2.98. The van der Waals surface area contributed by atoms with Gasteiger partial charge < -0.3 is 0 Å². The molecule has 0 atom stereocenters. The maximum absolute atomic E-state index is 12.3. The molecule has 0 heterocycles. The fourth-order valence-electron chi connectivity index (χ4n) is 1.22. The summed E-state index contributed by atoms with van der Waals surface area (Å²) in [6.07, 6.45) is 5.93. The van der Waals surface area contributed by atoms with Gasteiger partial charge in [0.2, 0.25) is 0 Å². The first-order valence-corrected chi connectivity index (χ1v) is 3.60. The summed E-state index contributed by atoms with van der Waals surface area (Å²) < 4.78 is 24.5. The van der Waals surface area contributed by atoms with E-state index in [2.05, 4.69) is 0 Å². The predicted molar refractivity (Wildman–Crippen MR) is 37.4 cm³/mol. The molecule has 58 valence electrons. The Labute approximate surface area is 59.9 Å². The largest absolute Gasteiger partial charge is 0.250 e. The van der Waals surface area contributed by atoms with Crippen LogP contribution in [0.4, 0.5) is 8.78 Å². The molecule has 0 aromatic carbocycles. The molecule has 0 N–H and O–H groups in total. The van der Waals surface area contributed by atoms with Crippen LogP contribution in [-0.2, 0) is 0 Å². The van der Waals surface area contributed by atoms with Gasteiger partial charge >= 0.3 is 0 Å². The summed E-state index contributed by atoms with van der Waals surface area (Å²) in [5.74, 6) is 0. The van der Waals surface area contributed by atoms with Gasteiger partial charge in [0.25, 0.3) is 0 Å². The van der Waals surface area contributed by atoms with Crippen molar-refractivity contribution in [1.82, 2.24) is 0 Å². The highest BCUT2D eigenvalue weighted by Gasteiger charge is 2.29. The molecule has 1 aliphatic rings. The summed E-state index contributed by atoms with van der Waals surface area (Å²) in [6.45, 7) is -1.04. The van der Waals surface area contributed by atoms with Crippen LogP contribution < -0.4 is 0 Å². The first-order chi connectivity index (χ1) is 4.83. The van der Waals surface area contributed by atoms with E-state index in [0.717, 1.165) is 6.42 Å². The molecule has 1 aliphatic carbocycles. The van der Waals surface area contributed by atoms with Gasteiger partial charge in [-0.1, -0.05) is 12.2 Å². The second-order valence-corrected chi connectivity index (χ2v) is 2.98. The van der Waals surface area contributed by atoms with Crippen molar-refractivity contribution in [2.45, 2.75) is 19.3 Å². The maximum atomic E-state index is 12.3. The topological polar surface area (TPSA) is 0 Å². The Kier molecular flexibility index (Phi) is 2.41. The summed E-state index contributed by atoms with van der Waals surface area (Å²) in [5.41, 5.74) is -0.658. The maximum Gasteiger partial charge on any atom is 0.0978 e.